The van der Waals surface area contributed by atoms with E-state index in [-0.39, 0.29) is 17.0 Å². The van der Waals surface area contributed by atoms with Crippen LogP contribution in [0.15, 0.2) is 60.8 Å². The number of hydrogen-bond acceptors (Lipinski definition) is 6. The van der Waals surface area contributed by atoms with Crippen molar-refractivity contribution in [3.05, 3.63) is 77.1 Å². The van der Waals surface area contributed by atoms with Gasteiger partial charge in [-0.1, -0.05) is 35.9 Å². The molecule has 2 aromatic heterocycles. The second-order valence-corrected chi connectivity index (χ2v) is 6.73. The van der Waals surface area contributed by atoms with Gasteiger partial charge in [0.1, 0.15) is 11.3 Å². The van der Waals surface area contributed by atoms with Crippen LogP contribution in [-0.4, -0.2) is 40.9 Å². The lowest BCUT2D eigenvalue weighted by molar-refractivity contribution is 0.0549. The SMILES string of the molecule is COC(=O)c1c(-c2ccc3nccc(Cl)c3c2)nn(-c2ccccc2)c1C(=O)OC. The summed E-state index contributed by atoms with van der Waals surface area (Å²) in [5.41, 5.74) is 2.12. The number of methoxy groups -OCH3 is 2. The maximum atomic E-state index is 12.7. The topological polar surface area (TPSA) is 83.3 Å². The molecule has 2 aromatic carbocycles. The van der Waals surface area contributed by atoms with Gasteiger partial charge in [0.2, 0.25) is 0 Å². The van der Waals surface area contributed by atoms with E-state index in [2.05, 4.69) is 10.1 Å². The van der Waals surface area contributed by atoms with Crippen LogP contribution in [0.3, 0.4) is 0 Å². The minimum Gasteiger partial charge on any atom is -0.465 e. The fourth-order valence-corrected chi connectivity index (χ4v) is 3.42. The van der Waals surface area contributed by atoms with Gasteiger partial charge in [0.05, 0.1) is 30.4 Å². The quantitative estimate of drug-likeness (QED) is 0.456. The third kappa shape index (κ3) is 3.29. The van der Waals surface area contributed by atoms with E-state index < -0.39 is 11.9 Å². The number of aromatic nitrogens is 3. The summed E-state index contributed by atoms with van der Waals surface area (Å²) >= 11 is 6.32. The minimum atomic E-state index is -0.710. The number of pyridine rings is 1. The molecule has 0 saturated heterocycles. The lowest BCUT2D eigenvalue weighted by atomic mass is 10.0. The Kier molecular flexibility index (Phi) is 5.20. The summed E-state index contributed by atoms with van der Waals surface area (Å²) in [7, 11) is 2.49. The van der Waals surface area contributed by atoms with Gasteiger partial charge in [-0.15, -0.1) is 0 Å². The Morgan fingerprint density at radius 2 is 1.70 bits per heavy atom. The minimum absolute atomic E-state index is 0.00701. The fourth-order valence-electron chi connectivity index (χ4n) is 3.22. The molecule has 0 aliphatic heterocycles. The van der Waals surface area contributed by atoms with Crippen molar-refractivity contribution in [3.8, 4) is 16.9 Å². The molecule has 7 nitrogen and oxygen atoms in total. The van der Waals surface area contributed by atoms with E-state index in [9.17, 15) is 9.59 Å². The molecule has 8 heteroatoms. The molecule has 4 aromatic rings. The number of para-hydroxylation sites is 1. The Bertz CT molecular complexity index is 1270. The Labute approximate surface area is 176 Å². The smallest absolute Gasteiger partial charge is 0.357 e. The number of carbonyl (C=O) groups is 2. The van der Waals surface area contributed by atoms with E-state index >= 15 is 0 Å². The molecule has 30 heavy (non-hydrogen) atoms. The molecule has 0 amide bonds. The molecule has 4 rings (SSSR count). The van der Waals surface area contributed by atoms with Gasteiger partial charge >= 0.3 is 11.9 Å². The van der Waals surface area contributed by atoms with Crippen molar-refractivity contribution in [2.45, 2.75) is 0 Å². The first-order chi connectivity index (χ1) is 14.5. The predicted octanol–water partition coefficient (Wildman–Crippen LogP) is 4.31. The van der Waals surface area contributed by atoms with Crippen molar-refractivity contribution in [2.24, 2.45) is 0 Å². The molecule has 0 bridgehead atoms. The number of benzene rings is 2. The molecular weight excluding hydrogens is 406 g/mol. The summed E-state index contributed by atoms with van der Waals surface area (Å²) in [4.78, 5) is 29.6. The zero-order valence-corrected chi connectivity index (χ0v) is 16.9. The number of nitrogens with zero attached hydrogens (tertiary/aromatic N) is 3. The Balaban J connectivity index is 2.04. The van der Waals surface area contributed by atoms with Crippen LogP contribution >= 0.6 is 11.6 Å². The lowest BCUT2D eigenvalue weighted by Gasteiger charge is -2.07. The Morgan fingerprint density at radius 3 is 2.40 bits per heavy atom. The van der Waals surface area contributed by atoms with Crippen LogP contribution < -0.4 is 0 Å². The number of rotatable bonds is 4. The van der Waals surface area contributed by atoms with Gasteiger partial charge in [-0.2, -0.15) is 5.10 Å². The first-order valence-electron chi connectivity index (χ1n) is 8.95. The highest BCUT2D eigenvalue weighted by molar-refractivity contribution is 6.35. The van der Waals surface area contributed by atoms with Gasteiger partial charge < -0.3 is 9.47 Å². The average Bonchev–Trinajstić information content (AvgIpc) is 3.19. The van der Waals surface area contributed by atoms with Gasteiger partial charge in [0.15, 0.2) is 5.69 Å². The molecule has 0 unspecified atom stereocenters. The van der Waals surface area contributed by atoms with E-state index in [0.717, 1.165) is 0 Å². The van der Waals surface area contributed by atoms with Crippen LogP contribution in [0.25, 0.3) is 27.8 Å². The maximum absolute atomic E-state index is 12.7. The van der Waals surface area contributed by atoms with Crippen molar-refractivity contribution in [3.63, 3.8) is 0 Å². The third-order valence-corrected chi connectivity index (χ3v) is 4.95. The molecule has 150 valence electrons. The Hall–Kier alpha value is -3.71. The molecule has 0 saturated carbocycles. The molecule has 0 N–H and O–H groups in total. The van der Waals surface area contributed by atoms with Crippen molar-refractivity contribution in [2.75, 3.05) is 14.2 Å². The highest BCUT2D eigenvalue weighted by Gasteiger charge is 2.31. The van der Waals surface area contributed by atoms with E-state index in [1.54, 1.807) is 54.7 Å². The predicted molar refractivity (Wildman–Crippen MR) is 112 cm³/mol. The monoisotopic (exact) mass is 421 g/mol. The van der Waals surface area contributed by atoms with Crippen molar-refractivity contribution in [1.82, 2.24) is 14.8 Å². The molecular formula is C22H16ClN3O4. The van der Waals surface area contributed by atoms with Gasteiger partial charge in [-0.05, 0) is 30.3 Å². The van der Waals surface area contributed by atoms with Crippen LogP contribution in [0.2, 0.25) is 5.02 Å². The van der Waals surface area contributed by atoms with Gasteiger partial charge in [0, 0.05) is 17.1 Å². The van der Waals surface area contributed by atoms with Crippen LogP contribution in [0, 0.1) is 0 Å². The number of halogens is 1. The first-order valence-corrected chi connectivity index (χ1v) is 9.32. The van der Waals surface area contributed by atoms with Gasteiger partial charge in [0.25, 0.3) is 0 Å². The largest absolute Gasteiger partial charge is 0.465 e. The van der Waals surface area contributed by atoms with Gasteiger partial charge in [-0.3, -0.25) is 4.98 Å². The number of hydrogen-bond donors (Lipinski definition) is 0. The molecule has 0 spiro atoms. The molecule has 0 atom stereocenters. The summed E-state index contributed by atoms with van der Waals surface area (Å²) in [5.74, 6) is -1.41. The number of carbonyl (C=O) groups excluding carboxylic acids is 2. The molecule has 0 fully saturated rings. The Morgan fingerprint density at radius 1 is 0.967 bits per heavy atom. The van der Waals surface area contributed by atoms with Gasteiger partial charge in [-0.25, -0.2) is 14.3 Å². The maximum Gasteiger partial charge on any atom is 0.357 e. The highest BCUT2D eigenvalue weighted by atomic mass is 35.5. The van der Waals surface area contributed by atoms with Crippen molar-refractivity contribution >= 4 is 34.4 Å². The molecule has 2 heterocycles. The zero-order chi connectivity index (χ0) is 21.3. The summed E-state index contributed by atoms with van der Waals surface area (Å²) in [6.07, 6.45) is 1.61. The van der Waals surface area contributed by atoms with E-state index in [1.165, 1.54) is 18.9 Å². The number of fused-ring (bicyclic) bond motifs is 1. The third-order valence-electron chi connectivity index (χ3n) is 4.62. The van der Waals surface area contributed by atoms with Crippen LogP contribution in [0.5, 0.6) is 0 Å². The van der Waals surface area contributed by atoms with E-state index in [0.29, 0.717) is 27.2 Å². The van der Waals surface area contributed by atoms with Crippen LogP contribution in [0.1, 0.15) is 20.8 Å². The standard InChI is InChI=1S/C22H16ClN3O4/c1-29-21(27)18-19(13-8-9-17-15(12-13)16(23)10-11-24-17)25-26(20(18)22(28)30-2)14-6-4-3-5-7-14/h3-12H,1-2H3. The highest BCUT2D eigenvalue weighted by Crippen LogP contribution is 2.32. The molecule has 0 aliphatic rings. The molecule has 0 aliphatic carbocycles. The van der Waals surface area contributed by atoms with E-state index in [1.807, 2.05) is 6.07 Å². The van der Waals surface area contributed by atoms with Crippen molar-refractivity contribution < 1.29 is 19.1 Å². The normalized spacial score (nSPS) is 10.8. The second kappa shape index (κ2) is 7.96. The van der Waals surface area contributed by atoms with Crippen LogP contribution in [-0.2, 0) is 9.47 Å². The summed E-state index contributed by atoms with van der Waals surface area (Å²) in [5, 5.41) is 5.78. The van der Waals surface area contributed by atoms with E-state index in [4.69, 9.17) is 21.1 Å². The fraction of sp³-hybridized carbons (Fsp3) is 0.0909. The summed E-state index contributed by atoms with van der Waals surface area (Å²) in [6.45, 7) is 0. The lowest BCUT2D eigenvalue weighted by Crippen LogP contribution is -2.15. The summed E-state index contributed by atoms with van der Waals surface area (Å²) < 4.78 is 11.3. The van der Waals surface area contributed by atoms with Crippen LogP contribution in [0.4, 0.5) is 0 Å². The summed E-state index contributed by atoms with van der Waals surface area (Å²) in [6, 6.07) is 16.0. The number of ether oxygens (including phenoxy) is 2. The first kappa shape index (κ1) is 19.6. The average molecular weight is 422 g/mol. The second-order valence-electron chi connectivity index (χ2n) is 6.33. The molecule has 0 radical (unpaired) electrons. The zero-order valence-electron chi connectivity index (χ0n) is 16.1. The number of esters is 2. The van der Waals surface area contributed by atoms with Crippen molar-refractivity contribution in [1.29, 1.82) is 0 Å².